The molecular formula is C14H11BrF3N. The quantitative estimate of drug-likeness (QED) is 0.831. The molecule has 0 aliphatic carbocycles. The van der Waals surface area contributed by atoms with Crippen LogP contribution in [0.5, 0.6) is 0 Å². The van der Waals surface area contributed by atoms with E-state index < -0.39 is 11.6 Å². The van der Waals surface area contributed by atoms with Gasteiger partial charge in [0.05, 0.1) is 0 Å². The van der Waals surface area contributed by atoms with Gasteiger partial charge in [0.15, 0.2) is 0 Å². The first-order chi connectivity index (χ1) is 8.99. The first-order valence-electron chi connectivity index (χ1n) is 5.64. The molecule has 0 saturated heterocycles. The highest BCUT2D eigenvalue weighted by Crippen LogP contribution is 2.29. The van der Waals surface area contributed by atoms with Gasteiger partial charge < -0.3 is 5.32 Å². The molecule has 0 amide bonds. The molecule has 1 nitrogen and oxygen atoms in total. The van der Waals surface area contributed by atoms with E-state index in [1.165, 1.54) is 30.3 Å². The van der Waals surface area contributed by atoms with E-state index in [9.17, 15) is 13.2 Å². The van der Waals surface area contributed by atoms with Crippen molar-refractivity contribution in [2.45, 2.75) is 13.0 Å². The minimum atomic E-state index is -0.662. The molecule has 0 aliphatic heterocycles. The van der Waals surface area contributed by atoms with Gasteiger partial charge in [-0.15, -0.1) is 0 Å². The minimum absolute atomic E-state index is 0.189. The van der Waals surface area contributed by atoms with Crippen LogP contribution in [0.3, 0.4) is 0 Å². The molecule has 0 saturated carbocycles. The second-order valence-corrected chi connectivity index (χ2v) is 4.98. The molecule has 1 atom stereocenters. The number of para-hydroxylation sites is 1. The van der Waals surface area contributed by atoms with Crippen LogP contribution in [0.15, 0.2) is 40.9 Å². The maximum absolute atomic E-state index is 13.5. The predicted octanol–water partition coefficient (Wildman–Crippen LogP) is 5.04. The number of anilines is 1. The minimum Gasteiger partial charge on any atom is -0.374 e. The number of benzene rings is 2. The van der Waals surface area contributed by atoms with Crippen LogP contribution in [0.2, 0.25) is 0 Å². The molecule has 2 aromatic carbocycles. The summed E-state index contributed by atoms with van der Waals surface area (Å²) in [6, 6.07) is 7.46. The number of halogens is 4. The Bertz CT molecular complexity index is 581. The summed E-state index contributed by atoms with van der Waals surface area (Å²) in [5, 5.41) is 2.75. The average molecular weight is 330 g/mol. The van der Waals surface area contributed by atoms with Gasteiger partial charge in [-0.05, 0) is 36.8 Å². The molecule has 2 aromatic rings. The van der Waals surface area contributed by atoms with Crippen LogP contribution < -0.4 is 5.32 Å². The predicted molar refractivity (Wildman–Crippen MR) is 72.5 cm³/mol. The van der Waals surface area contributed by atoms with Crippen LogP contribution >= 0.6 is 15.9 Å². The Hall–Kier alpha value is -1.49. The van der Waals surface area contributed by atoms with Gasteiger partial charge in [-0.25, -0.2) is 13.2 Å². The molecule has 2 rings (SSSR count). The summed E-state index contributed by atoms with van der Waals surface area (Å²) in [5.74, 6) is -1.70. The Balaban J connectivity index is 2.28. The zero-order valence-electron chi connectivity index (χ0n) is 10.1. The van der Waals surface area contributed by atoms with E-state index in [-0.39, 0.29) is 17.5 Å². The molecule has 1 unspecified atom stereocenters. The Labute approximate surface area is 117 Å². The van der Waals surface area contributed by atoms with Crippen molar-refractivity contribution in [2.75, 3.05) is 5.32 Å². The lowest BCUT2D eigenvalue weighted by atomic mass is 10.1. The van der Waals surface area contributed by atoms with E-state index in [2.05, 4.69) is 21.2 Å². The Morgan fingerprint density at radius 3 is 2.26 bits per heavy atom. The van der Waals surface area contributed by atoms with Gasteiger partial charge in [-0.2, -0.15) is 0 Å². The number of hydrogen-bond acceptors (Lipinski definition) is 1. The van der Waals surface area contributed by atoms with Crippen LogP contribution in [-0.4, -0.2) is 0 Å². The summed E-state index contributed by atoms with van der Waals surface area (Å²) < 4.78 is 40.6. The monoisotopic (exact) mass is 329 g/mol. The topological polar surface area (TPSA) is 12.0 Å². The van der Waals surface area contributed by atoms with Crippen molar-refractivity contribution < 1.29 is 13.2 Å². The fourth-order valence-corrected chi connectivity index (χ4v) is 2.48. The van der Waals surface area contributed by atoms with Crippen molar-refractivity contribution in [3.8, 4) is 0 Å². The fourth-order valence-electron chi connectivity index (χ4n) is 1.78. The highest BCUT2D eigenvalue weighted by atomic mass is 79.9. The Morgan fingerprint density at radius 1 is 1.05 bits per heavy atom. The fraction of sp³-hybridized carbons (Fsp3) is 0.143. The highest BCUT2D eigenvalue weighted by Gasteiger charge is 2.14. The number of nitrogens with one attached hydrogen (secondary N) is 1. The van der Waals surface area contributed by atoms with Gasteiger partial charge in [0, 0.05) is 10.5 Å². The first kappa shape index (κ1) is 13.9. The van der Waals surface area contributed by atoms with E-state index in [0.29, 0.717) is 10.0 Å². The molecule has 0 radical (unpaired) electrons. The van der Waals surface area contributed by atoms with E-state index in [1.807, 2.05) is 0 Å². The second-order valence-electron chi connectivity index (χ2n) is 4.13. The zero-order chi connectivity index (χ0) is 14.0. The largest absolute Gasteiger partial charge is 0.374 e. The van der Waals surface area contributed by atoms with Crippen LogP contribution in [-0.2, 0) is 0 Å². The molecule has 100 valence electrons. The standard InChI is InChI=1S/C14H11BrF3N/c1-8(10-6-5-9(16)7-11(10)15)19-14-12(17)3-2-4-13(14)18/h2-8,19H,1H3. The lowest BCUT2D eigenvalue weighted by molar-refractivity contribution is 0.584. The van der Waals surface area contributed by atoms with Gasteiger partial charge in [-0.3, -0.25) is 0 Å². The maximum Gasteiger partial charge on any atom is 0.149 e. The average Bonchev–Trinajstić information content (AvgIpc) is 2.33. The smallest absolute Gasteiger partial charge is 0.149 e. The Morgan fingerprint density at radius 2 is 1.68 bits per heavy atom. The van der Waals surface area contributed by atoms with Crippen molar-refractivity contribution >= 4 is 21.6 Å². The normalized spacial score (nSPS) is 12.3. The molecule has 0 fully saturated rings. The molecular weight excluding hydrogens is 319 g/mol. The molecule has 5 heteroatoms. The van der Waals surface area contributed by atoms with E-state index in [4.69, 9.17) is 0 Å². The van der Waals surface area contributed by atoms with Crippen molar-refractivity contribution in [3.63, 3.8) is 0 Å². The molecule has 19 heavy (non-hydrogen) atoms. The van der Waals surface area contributed by atoms with Crippen molar-refractivity contribution in [1.29, 1.82) is 0 Å². The molecule has 0 aromatic heterocycles. The van der Waals surface area contributed by atoms with Crippen molar-refractivity contribution in [1.82, 2.24) is 0 Å². The molecule has 0 aliphatic rings. The third-order valence-electron chi connectivity index (χ3n) is 2.75. The van der Waals surface area contributed by atoms with Crippen molar-refractivity contribution in [3.05, 3.63) is 63.9 Å². The summed E-state index contributed by atoms with van der Waals surface area (Å²) in [5.41, 5.74) is 0.523. The summed E-state index contributed by atoms with van der Waals surface area (Å²) in [6.07, 6.45) is 0. The lowest BCUT2D eigenvalue weighted by Gasteiger charge is -2.18. The van der Waals surface area contributed by atoms with Gasteiger partial charge in [0.2, 0.25) is 0 Å². The van der Waals surface area contributed by atoms with Crippen molar-refractivity contribution in [2.24, 2.45) is 0 Å². The summed E-state index contributed by atoms with van der Waals surface area (Å²) in [4.78, 5) is 0. The van der Waals surface area contributed by atoms with Gasteiger partial charge in [0.1, 0.15) is 23.1 Å². The molecule has 1 N–H and O–H groups in total. The number of rotatable bonds is 3. The van der Waals surface area contributed by atoms with Gasteiger partial charge >= 0.3 is 0 Å². The summed E-state index contributed by atoms with van der Waals surface area (Å²) in [6.45, 7) is 1.74. The Kier molecular flexibility index (Phi) is 4.14. The highest BCUT2D eigenvalue weighted by molar-refractivity contribution is 9.10. The number of hydrogen-bond donors (Lipinski definition) is 1. The zero-order valence-corrected chi connectivity index (χ0v) is 11.6. The first-order valence-corrected chi connectivity index (χ1v) is 6.44. The SMILES string of the molecule is CC(Nc1c(F)cccc1F)c1ccc(F)cc1Br. The third kappa shape index (κ3) is 3.10. The van der Waals surface area contributed by atoms with Crippen LogP contribution in [0.4, 0.5) is 18.9 Å². The summed E-state index contributed by atoms with van der Waals surface area (Å²) >= 11 is 3.23. The summed E-state index contributed by atoms with van der Waals surface area (Å²) in [7, 11) is 0. The second kappa shape index (κ2) is 5.65. The van der Waals surface area contributed by atoms with Crippen LogP contribution in [0, 0.1) is 17.5 Å². The van der Waals surface area contributed by atoms with Gasteiger partial charge in [0.25, 0.3) is 0 Å². The van der Waals surface area contributed by atoms with E-state index >= 15 is 0 Å². The lowest BCUT2D eigenvalue weighted by Crippen LogP contribution is -2.10. The van der Waals surface area contributed by atoms with E-state index in [0.717, 1.165) is 0 Å². The third-order valence-corrected chi connectivity index (χ3v) is 3.44. The van der Waals surface area contributed by atoms with Gasteiger partial charge in [-0.1, -0.05) is 28.1 Å². The molecule has 0 bridgehead atoms. The van der Waals surface area contributed by atoms with Crippen LogP contribution in [0.1, 0.15) is 18.5 Å². The molecule has 0 spiro atoms. The van der Waals surface area contributed by atoms with E-state index in [1.54, 1.807) is 13.0 Å². The molecule has 0 heterocycles. The van der Waals surface area contributed by atoms with Crippen LogP contribution in [0.25, 0.3) is 0 Å². The maximum atomic E-state index is 13.5.